The van der Waals surface area contributed by atoms with Gasteiger partial charge in [-0.05, 0) is 6.04 Å². The highest BCUT2D eigenvalue weighted by Crippen LogP contribution is 2.27. The summed E-state index contributed by atoms with van der Waals surface area (Å²) in [6.07, 6.45) is -0.954. The van der Waals surface area contributed by atoms with Crippen molar-refractivity contribution in [2.45, 2.75) is 44.7 Å². The molecule has 0 radical (unpaired) electrons. The van der Waals surface area contributed by atoms with Gasteiger partial charge in [-0.3, -0.25) is 10.1 Å². The zero-order valence-corrected chi connectivity index (χ0v) is 14.5. The molecular formula is C13H22FN3O5Si. The molecule has 1 fully saturated rings. The summed E-state index contributed by atoms with van der Waals surface area (Å²) < 4.78 is 30.5. The third-order valence-electron chi connectivity index (χ3n) is 3.35. The van der Waals surface area contributed by atoms with Crippen molar-refractivity contribution in [3.05, 3.63) is 16.3 Å². The van der Waals surface area contributed by atoms with Gasteiger partial charge in [0, 0.05) is 14.7 Å². The second-order valence-electron chi connectivity index (χ2n) is 6.67. The van der Waals surface area contributed by atoms with E-state index in [-0.39, 0.29) is 31.5 Å². The lowest BCUT2D eigenvalue weighted by Crippen LogP contribution is -2.27. The molecule has 0 aliphatic carbocycles. The molecule has 0 spiro atoms. The molecule has 2 atom stereocenters. The zero-order valence-electron chi connectivity index (χ0n) is 13.5. The molecule has 130 valence electrons. The van der Waals surface area contributed by atoms with E-state index in [0.717, 1.165) is 6.04 Å². The molecule has 8 nitrogen and oxygen atoms in total. The maximum absolute atomic E-state index is 13.5. The van der Waals surface area contributed by atoms with Crippen molar-refractivity contribution in [3.8, 4) is 5.88 Å². The van der Waals surface area contributed by atoms with E-state index in [9.17, 15) is 14.5 Å². The maximum atomic E-state index is 13.5. The minimum absolute atomic E-state index is 0.0535. The van der Waals surface area contributed by atoms with Crippen LogP contribution in [-0.4, -0.2) is 54.9 Å². The third kappa shape index (κ3) is 5.25. The van der Waals surface area contributed by atoms with Gasteiger partial charge in [0.25, 0.3) is 0 Å². The summed E-state index contributed by atoms with van der Waals surface area (Å²) in [4.78, 5) is 10.5. The summed E-state index contributed by atoms with van der Waals surface area (Å²) in [5, 5.41) is 15.0. The van der Waals surface area contributed by atoms with Crippen LogP contribution < -0.4 is 4.74 Å². The van der Waals surface area contributed by atoms with Crippen LogP contribution >= 0.6 is 0 Å². The number of nitrogens with zero attached hydrogens (tertiary/aromatic N) is 3. The quantitative estimate of drug-likeness (QED) is 0.310. The van der Waals surface area contributed by atoms with Crippen molar-refractivity contribution in [1.82, 2.24) is 9.78 Å². The molecule has 1 aliphatic rings. The van der Waals surface area contributed by atoms with Gasteiger partial charge in [0.15, 0.2) is 12.3 Å². The second-order valence-corrected chi connectivity index (χ2v) is 12.3. The number of rotatable bonds is 8. The lowest BCUT2D eigenvalue weighted by atomic mass is 10.3. The van der Waals surface area contributed by atoms with Gasteiger partial charge in [0.2, 0.25) is 0 Å². The highest BCUT2D eigenvalue weighted by Gasteiger charge is 2.33. The highest BCUT2D eigenvalue weighted by atomic mass is 28.3. The molecule has 1 aromatic heterocycles. The molecular weight excluding hydrogens is 325 g/mol. The number of alkyl halides is 1. The summed E-state index contributed by atoms with van der Waals surface area (Å²) >= 11 is 0. The van der Waals surface area contributed by atoms with Crippen LogP contribution in [0.3, 0.4) is 0 Å². The average Bonchev–Trinajstić information content (AvgIpc) is 3.02. The molecule has 2 unspecified atom stereocenters. The van der Waals surface area contributed by atoms with E-state index in [1.807, 2.05) is 0 Å². The molecule has 0 N–H and O–H groups in total. The summed E-state index contributed by atoms with van der Waals surface area (Å²) in [5.41, 5.74) is -0.308. The van der Waals surface area contributed by atoms with Crippen LogP contribution in [0.4, 0.5) is 10.1 Å². The van der Waals surface area contributed by atoms with E-state index < -0.39 is 25.3 Å². The van der Waals surface area contributed by atoms with Crippen molar-refractivity contribution in [2.75, 3.05) is 19.8 Å². The normalized spacial score (nSPS) is 21.6. The van der Waals surface area contributed by atoms with Crippen LogP contribution in [0, 0.1) is 10.1 Å². The van der Waals surface area contributed by atoms with Crippen LogP contribution in [0.25, 0.3) is 0 Å². The van der Waals surface area contributed by atoms with E-state index in [2.05, 4.69) is 24.7 Å². The molecule has 0 aromatic carbocycles. The first-order valence-electron chi connectivity index (χ1n) is 7.44. The van der Waals surface area contributed by atoms with Crippen LogP contribution in [0.2, 0.25) is 25.7 Å². The van der Waals surface area contributed by atoms with Crippen molar-refractivity contribution in [2.24, 2.45) is 0 Å². The van der Waals surface area contributed by atoms with Crippen LogP contribution in [0.15, 0.2) is 6.20 Å². The molecule has 0 amide bonds. The number of halogens is 1. The van der Waals surface area contributed by atoms with E-state index in [1.165, 1.54) is 10.9 Å². The Morgan fingerprint density at radius 3 is 2.83 bits per heavy atom. The average molecular weight is 347 g/mol. The van der Waals surface area contributed by atoms with E-state index >= 15 is 0 Å². The minimum Gasteiger partial charge on any atom is -0.463 e. The standard InChI is InChI=1S/C13H22FN3O5Si/c1-23(2,3)5-4-20-9-16-6-11(17(18)19)13(15-16)22-12-8-21-7-10(12)14/h6,10,12H,4-5,7-9H2,1-3H3. The van der Waals surface area contributed by atoms with Crippen molar-refractivity contribution in [1.29, 1.82) is 0 Å². The summed E-state index contributed by atoms with van der Waals surface area (Å²) in [7, 11) is -1.19. The first-order valence-corrected chi connectivity index (χ1v) is 11.1. The predicted octanol–water partition coefficient (Wildman–Crippen LogP) is 2.22. The Hall–Kier alpha value is -1.52. The van der Waals surface area contributed by atoms with Gasteiger partial charge >= 0.3 is 11.6 Å². The number of aromatic nitrogens is 2. The van der Waals surface area contributed by atoms with Crippen molar-refractivity contribution in [3.63, 3.8) is 0 Å². The third-order valence-corrected chi connectivity index (χ3v) is 5.06. The van der Waals surface area contributed by atoms with Gasteiger partial charge in [-0.15, -0.1) is 5.10 Å². The lowest BCUT2D eigenvalue weighted by molar-refractivity contribution is -0.386. The highest BCUT2D eigenvalue weighted by molar-refractivity contribution is 6.76. The van der Waals surface area contributed by atoms with Gasteiger partial charge < -0.3 is 14.2 Å². The molecule has 1 aliphatic heterocycles. The van der Waals surface area contributed by atoms with Crippen LogP contribution in [0.5, 0.6) is 5.88 Å². The maximum Gasteiger partial charge on any atom is 0.350 e. The Morgan fingerprint density at radius 2 is 2.26 bits per heavy atom. The fourth-order valence-electron chi connectivity index (χ4n) is 1.96. The second kappa shape index (κ2) is 7.36. The summed E-state index contributed by atoms with van der Waals surface area (Å²) in [6.45, 7) is 7.35. The van der Waals surface area contributed by atoms with E-state index in [0.29, 0.717) is 6.61 Å². The Morgan fingerprint density at radius 1 is 1.52 bits per heavy atom. The lowest BCUT2D eigenvalue weighted by Gasteiger charge is -2.15. The van der Waals surface area contributed by atoms with Gasteiger partial charge in [-0.2, -0.15) is 0 Å². The molecule has 2 heterocycles. The van der Waals surface area contributed by atoms with Gasteiger partial charge in [0.05, 0.1) is 18.1 Å². The topological polar surface area (TPSA) is 88.7 Å². The van der Waals surface area contributed by atoms with E-state index in [1.54, 1.807) is 0 Å². The Bertz CT molecular complexity index is 548. The number of nitro groups is 1. The van der Waals surface area contributed by atoms with Crippen molar-refractivity contribution >= 4 is 13.8 Å². The van der Waals surface area contributed by atoms with Gasteiger partial charge in [-0.1, -0.05) is 19.6 Å². The number of hydrogen-bond acceptors (Lipinski definition) is 6. The zero-order chi connectivity index (χ0) is 17.0. The molecule has 1 aromatic rings. The van der Waals surface area contributed by atoms with Gasteiger partial charge in [-0.25, -0.2) is 9.07 Å². The Kier molecular flexibility index (Phi) is 5.71. The Labute approximate surface area is 134 Å². The van der Waals surface area contributed by atoms with E-state index in [4.69, 9.17) is 14.2 Å². The minimum atomic E-state index is -1.31. The summed E-state index contributed by atoms with van der Waals surface area (Å²) in [5.74, 6) is -0.207. The molecule has 0 saturated carbocycles. The molecule has 10 heteroatoms. The first kappa shape index (κ1) is 17.8. The van der Waals surface area contributed by atoms with Crippen LogP contribution in [0.1, 0.15) is 0 Å². The number of hydrogen-bond donors (Lipinski definition) is 0. The smallest absolute Gasteiger partial charge is 0.350 e. The summed E-state index contributed by atoms with van der Waals surface area (Å²) in [6, 6.07) is 0.989. The predicted molar refractivity (Wildman–Crippen MR) is 83.1 cm³/mol. The fourth-order valence-corrected chi connectivity index (χ4v) is 2.72. The molecule has 1 saturated heterocycles. The largest absolute Gasteiger partial charge is 0.463 e. The van der Waals surface area contributed by atoms with Gasteiger partial charge in [0.1, 0.15) is 12.9 Å². The Balaban J connectivity index is 1.96. The first-order chi connectivity index (χ1) is 10.8. The van der Waals surface area contributed by atoms with Crippen molar-refractivity contribution < 1.29 is 23.5 Å². The monoisotopic (exact) mass is 347 g/mol. The number of ether oxygens (including phenoxy) is 3. The molecule has 23 heavy (non-hydrogen) atoms. The van der Waals surface area contributed by atoms with Crippen LogP contribution in [-0.2, 0) is 16.2 Å². The fraction of sp³-hybridized carbons (Fsp3) is 0.769. The molecule has 2 rings (SSSR count). The molecule has 0 bridgehead atoms. The SMILES string of the molecule is C[Si](C)(C)CCOCn1cc([N+](=O)[O-])c(OC2COCC2F)n1.